The van der Waals surface area contributed by atoms with E-state index in [2.05, 4.69) is 127 Å². The van der Waals surface area contributed by atoms with Crippen LogP contribution >= 0.6 is 0 Å². The van der Waals surface area contributed by atoms with Crippen molar-refractivity contribution in [3.8, 4) is 0 Å². The Morgan fingerprint density at radius 3 is 1.86 bits per heavy atom. The van der Waals surface area contributed by atoms with Crippen LogP contribution in [-0.4, -0.2) is 28.8 Å². The second-order valence-corrected chi connectivity index (χ2v) is 28.9. The molecule has 3 fully saturated rings. The van der Waals surface area contributed by atoms with Crippen molar-refractivity contribution in [3.05, 3.63) is 47.1 Å². The summed E-state index contributed by atoms with van der Waals surface area (Å²) in [6, 6.07) is 0. The minimum Gasteiger partial charge on any atom is -0.410 e. The number of hydrogen-bond acceptors (Lipinski definition) is 2. The summed E-state index contributed by atoms with van der Waals surface area (Å²) in [5.74, 6) is 1.44. The molecule has 0 radical (unpaired) electrons. The molecular weight excluding hydrogens is 569 g/mol. The van der Waals surface area contributed by atoms with E-state index >= 15 is 0 Å². The van der Waals surface area contributed by atoms with Crippen LogP contribution in [0.1, 0.15) is 134 Å². The Balaban J connectivity index is 1.88. The van der Waals surface area contributed by atoms with Gasteiger partial charge >= 0.3 is 0 Å². The van der Waals surface area contributed by atoms with Crippen molar-refractivity contribution < 1.29 is 8.85 Å². The lowest BCUT2D eigenvalue weighted by molar-refractivity contribution is 0.132. The number of hydrogen-bond donors (Lipinski definition) is 0. The molecular formula is C40H72O2Si2. The fraction of sp³-hybridized carbons (Fsp3) is 0.800. The molecule has 0 bridgehead atoms. The summed E-state index contributed by atoms with van der Waals surface area (Å²) in [7, 11) is -3.93. The molecule has 0 saturated heterocycles. The highest BCUT2D eigenvalue weighted by Crippen LogP contribution is 2.59. The van der Waals surface area contributed by atoms with Gasteiger partial charge in [0.1, 0.15) is 0 Å². The van der Waals surface area contributed by atoms with Gasteiger partial charge in [0.15, 0.2) is 16.6 Å². The molecule has 0 aromatic heterocycles. The minimum absolute atomic E-state index is 0.0393. The van der Waals surface area contributed by atoms with Crippen molar-refractivity contribution in [3.63, 3.8) is 0 Å². The minimum atomic E-state index is -1.96. The van der Waals surface area contributed by atoms with E-state index in [1.165, 1.54) is 56.1 Å². The summed E-state index contributed by atoms with van der Waals surface area (Å²) in [6.45, 7) is 40.3. The molecule has 3 saturated carbocycles. The Morgan fingerprint density at radius 1 is 0.864 bits per heavy atom. The highest BCUT2D eigenvalue weighted by molar-refractivity contribution is 6.74. The summed E-state index contributed by atoms with van der Waals surface area (Å²) < 4.78 is 14.2. The lowest BCUT2D eigenvalue weighted by atomic mass is 9.62. The normalized spacial score (nSPS) is 31.6. The van der Waals surface area contributed by atoms with E-state index in [0.717, 1.165) is 18.8 Å². The zero-order chi connectivity index (χ0) is 33.5. The van der Waals surface area contributed by atoms with Crippen LogP contribution in [0, 0.1) is 22.7 Å². The molecule has 5 atom stereocenters. The maximum atomic E-state index is 7.09. The molecule has 3 aliphatic rings. The Hall–Kier alpha value is -0.686. The molecule has 0 aromatic rings. The highest BCUT2D eigenvalue weighted by atomic mass is 28.4. The fourth-order valence-electron chi connectivity index (χ4n) is 7.55. The summed E-state index contributed by atoms with van der Waals surface area (Å²) in [6.07, 6.45) is 18.7. The topological polar surface area (TPSA) is 18.5 Å². The first-order valence-electron chi connectivity index (χ1n) is 18.0. The zero-order valence-corrected chi connectivity index (χ0v) is 33.9. The van der Waals surface area contributed by atoms with E-state index in [0.29, 0.717) is 16.7 Å². The number of fused-ring (bicyclic) bond motifs is 1. The third-order valence-electron chi connectivity index (χ3n) is 12.6. The predicted molar refractivity (Wildman–Crippen MR) is 199 cm³/mol. The van der Waals surface area contributed by atoms with Crippen LogP contribution in [0.5, 0.6) is 0 Å². The Labute approximate surface area is 276 Å². The van der Waals surface area contributed by atoms with Gasteiger partial charge in [-0.3, -0.25) is 0 Å². The highest BCUT2D eigenvalue weighted by Gasteiger charge is 2.50. The van der Waals surface area contributed by atoms with E-state index in [4.69, 9.17) is 8.85 Å². The third kappa shape index (κ3) is 8.81. The van der Waals surface area contributed by atoms with E-state index in [9.17, 15) is 0 Å². The quantitative estimate of drug-likeness (QED) is 0.194. The van der Waals surface area contributed by atoms with E-state index < -0.39 is 16.6 Å². The van der Waals surface area contributed by atoms with Crippen LogP contribution in [0.25, 0.3) is 0 Å². The van der Waals surface area contributed by atoms with Crippen LogP contribution in [0.2, 0.25) is 36.3 Å². The van der Waals surface area contributed by atoms with Crippen LogP contribution in [-0.2, 0) is 8.85 Å². The second-order valence-electron chi connectivity index (χ2n) is 19.4. The molecule has 0 aromatic carbocycles. The standard InChI is InChI=1S/C40H72O2Si2/c1-29(19-17-25-37(3,4)5)33-23-24-34-32(20-18-26-40(33,34)12)22-21-31-27-35(41-43(13,14)38(6,7)8)30(2)36(28-31)42-44(15,16)39(9,10)11/h19,21-22,33-36H,2,17-18,20,23-28H2,1,3-16H3/b29-19+,31-21?,32-22+/t33-,34+,35-,36+,40-/m1/s1. The third-order valence-corrected chi connectivity index (χ3v) is 21.6. The van der Waals surface area contributed by atoms with Gasteiger partial charge in [-0.25, -0.2) is 0 Å². The molecule has 2 nitrogen and oxygen atoms in total. The maximum absolute atomic E-state index is 7.09. The first-order chi connectivity index (χ1) is 19.9. The van der Waals surface area contributed by atoms with Gasteiger partial charge in [-0.15, -0.1) is 0 Å². The molecule has 0 amide bonds. The van der Waals surface area contributed by atoms with Gasteiger partial charge in [-0.2, -0.15) is 0 Å². The summed E-state index contributed by atoms with van der Waals surface area (Å²) in [5, 5.41) is 0.328. The molecule has 0 heterocycles. The maximum Gasteiger partial charge on any atom is 0.192 e. The number of rotatable bonds is 8. The van der Waals surface area contributed by atoms with E-state index in [1.807, 2.05) is 0 Å². The molecule has 252 valence electrons. The first-order valence-corrected chi connectivity index (χ1v) is 23.8. The molecule has 0 spiro atoms. The van der Waals surface area contributed by atoms with Crippen molar-refractivity contribution in [1.29, 1.82) is 0 Å². The summed E-state index contributed by atoms with van der Waals surface area (Å²) in [5.41, 5.74) is 6.81. The van der Waals surface area contributed by atoms with Crippen molar-refractivity contribution in [2.45, 2.75) is 182 Å². The van der Waals surface area contributed by atoms with Gasteiger partial charge in [0.25, 0.3) is 0 Å². The smallest absolute Gasteiger partial charge is 0.192 e. The van der Waals surface area contributed by atoms with Gasteiger partial charge in [-0.05, 0) is 129 Å². The Bertz CT molecular complexity index is 1080. The molecule has 0 N–H and O–H groups in total. The van der Waals surface area contributed by atoms with E-state index in [-0.39, 0.29) is 22.3 Å². The molecule has 3 aliphatic carbocycles. The zero-order valence-electron chi connectivity index (χ0n) is 31.9. The summed E-state index contributed by atoms with van der Waals surface area (Å²) in [4.78, 5) is 0. The lowest BCUT2D eigenvalue weighted by Crippen LogP contribution is -2.49. The van der Waals surface area contributed by atoms with Gasteiger partial charge < -0.3 is 8.85 Å². The van der Waals surface area contributed by atoms with Crippen molar-refractivity contribution >= 4 is 16.6 Å². The Kier molecular flexibility index (Phi) is 11.5. The average Bonchev–Trinajstić information content (AvgIpc) is 3.20. The van der Waals surface area contributed by atoms with Gasteiger partial charge in [0, 0.05) is 0 Å². The lowest BCUT2D eigenvalue weighted by Gasteiger charge is -2.46. The van der Waals surface area contributed by atoms with Gasteiger partial charge in [0.05, 0.1) is 12.2 Å². The SMILES string of the molecule is C=C1[C@@H](O[Si](C)(C)C(C)(C)C)CC(=C/C=C2\CCC[C@]3(C)[C@@H](/C(C)=C/CCC(C)(C)C)CC[C@@H]23)C[C@H]1O[Si](C)(C)C(C)(C)C. The molecule has 44 heavy (non-hydrogen) atoms. The fourth-order valence-corrected chi connectivity index (χ4v) is 10.2. The van der Waals surface area contributed by atoms with Crippen LogP contribution in [0.4, 0.5) is 0 Å². The molecule has 4 heteroatoms. The van der Waals surface area contributed by atoms with Crippen molar-refractivity contribution in [1.82, 2.24) is 0 Å². The van der Waals surface area contributed by atoms with Crippen LogP contribution in [0.15, 0.2) is 47.1 Å². The van der Waals surface area contributed by atoms with Crippen LogP contribution in [0.3, 0.4) is 0 Å². The largest absolute Gasteiger partial charge is 0.410 e. The van der Waals surface area contributed by atoms with E-state index in [1.54, 1.807) is 11.1 Å². The molecule has 0 aliphatic heterocycles. The molecule has 3 rings (SSSR count). The van der Waals surface area contributed by atoms with Crippen molar-refractivity contribution in [2.75, 3.05) is 0 Å². The Morgan fingerprint density at radius 2 is 1.39 bits per heavy atom. The van der Waals surface area contributed by atoms with Crippen molar-refractivity contribution in [2.24, 2.45) is 22.7 Å². The number of allylic oxidation sites excluding steroid dienone is 5. The van der Waals surface area contributed by atoms with Crippen LogP contribution < -0.4 is 0 Å². The summed E-state index contributed by atoms with van der Waals surface area (Å²) >= 11 is 0. The average molecular weight is 641 g/mol. The molecule has 0 unspecified atom stereocenters. The predicted octanol–water partition coefficient (Wildman–Crippen LogP) is 13.0. The monoisotopic (exact) mass is 641 g/mol. The second kappa shape index (κ2) is 13.4. The first kappa shape index (κ1) is 37.8. The van der Waals surface area contributed by atoms with Gasteiger partial charge in [-0.1, -0.05) is 111 Å². The van der Waals surface area contributed by atoms with Gasteiger partial charge in [0.2, 0.25) is 0 Å².